The Morgan fingerprint density at radius 3 is 2.86 bits per heavy atom. The summed E-state index contributed by atoms with van der Waals surface area (Å²) < 4.78 is 2.18. The van der Waals surface area contributed by atoms with Crippen molar-refractivity contribution in [3.8, 4) is 0 Å². The fourth-order valence-corrected chi connectivity index (χ4v) is 1.74. The number of halogens is 1. The van der Waals surface area contributed by atoms with Gasteiger partial charge in [0.15, 0.2) is 0 Å². The standard InChI is InChI=1S/C10H18BrN3/c1-9(8-11)13(3)6-7-14-5-4-12-10(14)2/h4-5,9H,6-8H2,1-3H3. The summed E-state index contributed by atoms with van der Waals surface area (Å²) in [6.07, 6.45) is 3.88. The molecule has 0 bridgehead atoms. The molecule has 0 saturated heterocycles. The van der Waals surface area contributed by atoms with E-state index in [0.29, 0.717) is 6.04 Å². The average Bonchev–Trinajstić information content (AvgIpc) is 2.59. The molecule has 3 nitrogen and oxygen atoms in total. The van der Waals surface area contributed by atoms with Crippen molar-refractivity contribution in [2.45, 2.75) is 26.4 Å². The maximum atomic E-state index is 4.19. The lowest BCUT2D eigenvalue weighted by Crippen LogP contribution is -2.33. The smallest absolute Gasteiger partial charge is 0.105 e. The molecule has 1 heterocycles. The van der Waals surface area contributed by atoms with Crippen LogP contribution in [0.5, 0.6) is 0 Å². The molecule has 0 radical (unpaired) electrons. The molecule has 0 aromatic carbocycles. The quantitative estimate of drug-likeness (QED) is 0.754. The molecule has 0 saturated carbocycles. The van der Waals surface area contributed by atoms with E-state index in [0.717, 1.165) is 24.2 Å². The van der Waals surface area contributed by atoms with E-state index >= 15 is 0 Å². The van der Waals surface area contributed by atoms with E-state index < -0.39 is 0 Å². The van der Waals surface area contributed by atoms with Crippen LogP contribution in [0.2, 0.25) is 0 Å². The van der Waals surface area contributed by atoms with Gasteiger partial charge < -0.3 is 9.47 Å². The molecular formula is C10H18BrN3. The number of imidazole rings is 1. The molecule has 0 aliphatic carbocycles. The van der Waals surface area contributed by atoms with Gasteiger partial charge in [0.25, 0.3) is 0 Å². The summed E-state index contributed by atoms with van der Waals surface area (Å²) in [7, 11) is 2.15. The summed E-state index contributed by atoms with van der Waals surface area (Å²) in [5, 5.41) is 1.02. The fraction of sp³-hybridized carbons (Fsp3) is 0.700. The predicted molar refractivity (Wildman–Crippen MR) is 62.9 cm³/mol. The van der Waals surface area contributed by atoms with Gasteiger partial charge in [0.1, 0.15) is 5.82 Å². The molecular weight excluding hydrogens is 242 g/mol. The van der Waals surface area contributed by atoms with Crippen LogP contribution in [0.1, 0.15) is 12.7 Å². The first kappa shape index (κ1) is 11.7. The van der Waals surface area contributed by atoms with E-state index in [1.54, 1.807) is 0 Å². The van der Waals surface area contributed by atoms with Crippen LogP contribution in [-0.4, -0.2) is 39.4 Å². The highest BCUT2D eigenvalue weighted by atomic mass is 79.9. The summed E-state index contributed by atoms with van der Waals surface area (Å²) >= 11 is 3.49. The molecule has 1 aromatic heterocycles. The van der Waals surface area contributed by atoms with Gasteiger partial charge in [-0.3, -0.25) is 0 Å². The van der Waals surface area contributed by atoms with Crippen LogP contribution in [0, 0.1) is 6.92 Å². The van der Waals surface area contributed by atoms with Gasteiger partial charge >= 0.3 is 0 Å². The van der Waals surface area contributed by atoms with Crippen LogP contribution < -0.4 is 0 Å². The number of hydrogen-bond donors (Lipinski definition) is 0. The largest absolute Gasteiger partial charge is 0.334 e. The first-order chi connectivity index (χ1) is 6.65. The zero-order chi connectivity index (χ0) is 10.6. The second kappa shape index (κ2) is 5.51. The Hall–Kier alpha value is -0.350. The SMILES string of the molecule is Cc1nccn1CCN(C)C(C)CBr. The van der Waals surface area contributed by atoms with Crippen molar-refractivity contribution < 1.29 is 0 Å². The molecule has 0 N–H and O–H groups in total. The van der Waals surface area contributed by atoms with Crippen molar-refractivity contribution in [1.82, 2.24) is 14.5 Å². The molecule has 4 heteroatoms. The first-order valence-corrected chi connectivity index (χ1v) is 6.01. The fourth-order valence-electron chi connectivity index (χ4n) is 1.24. The minimum atomic E-state index is 0.582. The summed E-state index contributed by atoms with van der Waals surface area (Å²) in [4.78, 5) is 6.54. The predicted octanol–water partition coefficient (Wildman–Crippen LogP) is 1.91. The Balaban J connectivity index is 2.37. The Morgan fingerprint density at radius 2 is 2.36 bits per heavy atom. The number of aryl methyl sites for hydroxylation is 1. The summed E-state index contributed by atoms with van der Waals surface area (Å²) in [5.41, 5.74) is 0. The van der Waals surface area contributed by atoms with Crippen molar-refractivity contribution in [2.24, 2.45) is 0 Å². The van der Waals surface area contributed by atoms with Gasteiger partial charge in [-0.1, -0.05) is 15.9 Å². The van der Waals surface area contributed by atoms with Crippen LogP contribution in [0.3, 0.4) is 0 Å². The van der Waals surface area contributed by atoms with Crippen molar-refractivity contribution in [2.75, 3.05) is 18.9 Å². The van der Waals surface area contributed by atoms with Crippen molar-refractivity contribution in [3.05, 3.63) is 18.2 Å². The van der Waals surface area contributed by atoms with Gasteiger partial charge in [-0.05, 0) is 20.9 Å². The molecule has 0 amide bonds. The normalized spacial score (nSPS) is 13.5. The Kier molecular flexibility index (Phi) is 4.62. The Labute approximate surface area is 94.3 Å². The maximum Gasteiger partial charge on any atom is 0.105 e. The molecule has 0 spiro atoms. The molecule has 1 rings (SSSR count). The van der Waals surface area contributed by atoms with Crippen molar-refractivity contribution >= 4 is 15.9 Å². The molecule has 1 unspecified atom stereocenters. The minimum Gasteiger partial charge on any atom is -0.334 e. The zero-order valence-electron chi connectivity index (χ0n) is 9.07. The van der Waals surface area contributed by atoms with E-state index in [-0.39, 0.29) is 0 Å². The number of rotatable bonds is 5. The number of aromatic nitrogens is 2. The molecule has 0 fully saturated rings. The van der Waals surface area contributed by atoms with Crippen molar-refractivity contribution in [1.29, 1.82) is 0 Å². The van der Waals surface area contributed by atoms with Gasteiger partial charge in [-0.25, -0.2) is 4.98 Å². The Morgan fingerprint density at radius 1 is 1.64 bits per heavy atom. The van der Waals surface area contributed by atoms with Crippen LogP contribution in [0.15, 0.2) is 12.4 Å². The van der Waals surface area contributed by atoms with Gasteiger partial charge in [0.05, 0.1) is 0 Å². The van der Waals surface area contributed by atoms with E-state index in [1.165, 1.54) is 0 Å². The number of nitrogens with zero attached hydrogens (tertiary/aromatic N) is 3. The van der Waals surface area contributed by atoms with Crippen LogP contribution in [-0.2, 0) is 6.54 Å². The molecule has 0 aliphatic rings. The highest BCUT2D eigenvalue weighted by molar-refractivity contribution is 9.09. The molecule has 14 heavy (non-hydrogen) atoms. The third-order valence-electron chi connectivity index (χ3n) is 2.59. The maximum absolute atomic E-state index is 4.19. The zero-order valence-corrected chi connectivity index (χ0v) is 10.7. The van der Waals surface area contributed by atoms with E-state index in [1.807, 2.05) is 19.3 Å². The summed E-state index contributed by atoms with van der Waals surface area (Å²) in [6, 6.07) is 0.582. The number of hydrogen-bond acceptors (Lipinski definition) is 2. The Bertz CT molecular complexity index is 272. The average molecular weight is 260 g/mol. The van der Waals surface area contributed by atoms with Gasteiger partial charge in [0, 0.05) is 36.9 Å². The minimum absolute atomic E-state index is 0.582. The monoisotopic (exact) mass is 259 g/mol. The lowest BCUT2D eigenvalue weighted by atomic mass is 10.3. The highest BCUT2D eigenvalue weighted by Crippen LogP contribution is 2.01. The topological polar surface area (TPSA) is 21.1 Å². The second-order valence-corrected chi connectivity index (χ2v) is 4.30. The molecule has 80 valence electrons. The van der Waals surface area contributed by atoms with Crippen LogP contribution in [0.25, 0.3) is 0 Å². The lowest BCUT2D eigenvalue weighted by molar-refractivity contribution is 0.267. The van der Waals surface area contributed by atoms with Crippen molar-refractivity contribution in [3.63, 3.8) is 0 Å². The third kappa shape index (κ3) is 3.10. The second-order valence-electron chi connectivity index (χ2n) is 3.65. The third-order valence-corrected chi connectivity index (χ3v) is 3.53. The lowest BCUT2D eigenvalue weighted by Gasteiger charge is -2.23. The molecule has 1 aromatic rings. The van der Waals surface area contributed by atoms with E-state index in [4.69, 9.17) is 0 Å². The highest BCUT2D eigenvalue weighted by Gasteiger charge is 2.07. The summed E-state index contributed by atoms with van der Waals surface area (Å²) in [6.45, 7) is 6.33. The van der Waals surface area contributed by atoms with E-state index in [9.17, 15) is 0 Å². The van der Waals surface area contributed by atoms with Gasteiger partial charge in [-0.15, -0.1) is 0 Å². The molecule has 0 aliphatic heterocycles. The van der Waals surface area contributed by atoms with Crippen LogP contribution in [0.4, 0.5) is 0 Å². The van der Waals surface area contributed by atoms with Crippen LogP contribution >= 0.6 is 15.9 Å². The van der Waals surface area contributed by atoms with E-state index in [2.05, 4.69) is 44.4 Å². The van der Waals surface area contributed by atoms with Gasteiger partial charge in [-0.2, -0.15) is 0 Å². The number of alkyl halides is 1. The number of likely N-dealkylation sites (N-methyl/N-ethyl adjacent to an activating group) is 1. The first-order valence-electron chi connectivity index (χ1n) is 4.89. The summed E-state index contributed by atoms with van der Waals surface area (Å²) in [5.74, 6) is 1.09. The van der Waals surface area contributed by atoms with Gasteiger partial charge in [0.2, 0.25) is 0 Å². The molecule has 1 atom stereocenters.